The number of carbonyl (C=O) groups excluding carboxylic acids is 3. The standard InChI is InChI=1S/C24H20N2O5S/c1-3-30-17-8-6-16(7-9-17)26-23(28)20(22(27)25-24(26)29)14-18-10-13-21(31-18)32-19-11-4-15(2)5-12-19/h4-14H,3H2,1-2H3,(H,25,27,29)/b20-14+. The molecule has 8 heteroatoms. The third-order valence-corrected chi connectivity index (χ3v) is 5.56. The second kappa shape index (κ2) is 9.15. The molecular weight excluding hydrogens is 428 g/mol. The molecule has 2 aromatic carbocycles. The Bertz CT molecular complexity index is 1200. The van der Waals surface area contributed by atoms with E-state index in [1.165, 1.54) is 17.8 Å². The summed E-state index contributed by atoms with van der Waals surface area (Å²) in [6, 6.07) is 17.1. The van der Waals surface area contributed by atoms with E-state index in [1.807, 2.05) is 38.1 Å². The van der Waals surface area contributed by atoms with Crippen molar-refractivity contribution in [1.82, 2.24) is 5.32 Å². The quantitative estimate of drug-likeness (QED) is 0.430. The van der Waals surface area contributed by atoms with Crippen molar-refractivity contribution in [3.63, 3.8) is 0 Å². The molecule has 7 nitrogen and oxygen atoms in total. The van der Waals surface area contributed by atoms with Gasteiger partial charge in [-0.05, 0) is 68.5 Å². The number of nitrogens with one attached hydrogen (secondary N) is 1. The van der Waals surface area contributed by atoms with Crippen LogP contribution in [0.2, 0.25) is 0 Å². The van der Waals surface area contributed by atoms with Crippen LogP contribution in [0.1, 0.15) is 18.2 Å². The largest absolute Gasteiger partial charge is 0.494 e. The van der Waals surface area contributed by atoms with Crippen LogP contribution in [0, 0.1) is 6.92 Å². The molecule has 2 heterocycles. The zero-order valence-electron chi connectivity index (χ0n) is 17.5. The highest BCUT2D eigenvalue weighted by atomic mass is 32.2. The van der Waals surface area contributed by atoms with Gasteiger partial charge in [-0.15, -0.1) is 0 Å². The van der Waals surface area contributed by atoms with Gasteiger partial charge in [-0.25, -0.2) is 9.69 Å². The number of carbonyl (C=O) groups is 3. The molecular formula is C24H20N2O5S. The summed E-state index contributed by atoms with van der Waals surface area (Å²) < 4.78 is 11.1. The third kappa shape index (κ3) is 4.60. The number of ether oxygens (including phenoxy) is 1. The number of benzene rings is 2. The molecule has 0 aliphatic carbocycles. The molecule has 0 bridgehead atoms. The first-order chi connectivity index (χ1) is 15.4. The molecule has 0 atom stereocenters. The Hall–Kier alpha value is -3.78. The number of anilines is 1. The van der Waals surface area contributed by atoms with Crippen LogP contribution < -0.4 is 15.0 Å². The van der Waals surface area contributed by atoms with Crippen molar-refractivity contribution >= 4 is 41.4 Å². The lowest BCUT2D eigenvalue weighted by molar-refractivity contribution is -0.122. The lowest BCUT2D eigenvalue weighted by atomic mass is 10.1. The minimum atomic E-state index is -0.809. The van der Waals surface area contributed by atoms with E-state index in [2.05, 4.69) is 5.32 Å². The zero-order chi connectivity index (χ0) is 22.7. The van der Waals surface area contributed by atoms with Crippen LogP contribution in [0.25, 0.3) is 6.08 Å². The monoisotopic (exact) mass is 448 g/mol. The summed E-state index contributed by atoms with van der Waals surface area (Å²) in [4.78, 5) is 39.6. The number of nitrogens with zero attached hydrogens (tertiary/aromatic N) is 1. The molecule has 3 aromatic rings. The maximum absolute atomic E-state index is 13.0. The predicted molar refractivity (Wildman–Crippen MR) is 121 cm³/mol. The van der Waals surface area contributed by atoms with E-state index in [1.54, 1.807) is 36.4 Å². The molecule has 162 valence electrons. The summed E-state index contributed by atoms with van der Waals surface area (Å²) in [6.45, 7) is 4.37. The van der Waals surface area contributed by atoms with Crippen molar-refractivity contribution < 1.29 is 23.5 Å². The number of hydrogen-bond acceptors (Lipinski definition) is 6. The van der Waals surface area contributed by atoms with Crippen LogP contribution in [0.15, 0.2) is 80.6 Å². The average Bonchev–Trinajstić information content (AvgIpc) is 3.21. The summed E-state index contributed by atoms with van der Waals surface area (Å²) >= 11 is 1.43. The SMILES string of the molecule is CCOc1ccc(N2C(=O)NC(=O)/C(=C\c3ccc(Sc4ccc(C)cc4)o3)C2=O)cc1. The Morgan fingerprint density at radius 1 is 1.00 bits per heavy atom. The van der Waals surface area contributed by atoms with Gasteiger partial charge in [-0.3, -0.25) is 14.9 Å². The summed E-state index contributed by atoms with van der Waals surface area (Å²) in [5.74, 6) is -0.556. The highest BCUT2D eigenvalue weighted by molar-refractivity contribution is 7.99. The molecule has 1 aliphatic heterocycles. The Labute approximate surface area is 189 Å². The fourth-order valence-corrected chi connectivity index (χ4v) is 3.86. The van der Waals surface area contributed by atoms with Crippen LogP contribution in [0.4, 0.5) is 10.5 Å². The van der Waals surface area contributed by atoms with Crippen molar-refractivity contribution in [3.8, 4) is 5.75 Å². The van der Waals surface area contributed by atoms with E-state index >= 15 is 0 Å². The van der Waals surface area contributed by atoms with Gasteiger partial charge in [0.1, 0.15) is 17.1 Å². The minimum Gasteiger partial charge on any atom is -0.494 e. The molecule has 4 rings (SSSR count). The maximum atomic E-state index is 13.0. The van der Waals surface area contributed by atoms with Gasteiger partial charge in [-0.2, -0.15) is 0 Å². The van der Waals surface area contributed by atoms with E-state index in [-0.39, 0.29) is 5.57 Å². The topological polar surface area (TPSA) is 88.8 Å². The Morgan fingerprint density at radius 3 is 2.41 bits per heavy atom. The maximum Gasteiger partial charge on any atom is 0.335 e. The van der Waals surface area contributed by atoms with Gasteiger partial charge < -0.3 is 9.15 Å². The fourth-order valence-electron chi connectivity index (χ4n) is 3.08. The highest BCUT2D eigenvalue weighted by Crippen LogP contribution is 2.31. The first kappa shape index (κ1) is 21.5. The number of barbiturate groups is 1. The molecule has 0 saturated carbocycles. The number of hydrogen-bond donors (Lipinski definition) is 1. The van der Waals surface area contributed by atoms with E-state index in [9.17, 15) is 14.4 Å². The molecule has 1 aliphatic rings. The number of imide groups is 2. The molecule has 1 saturated heterocycles. The minimum absolute atomic E-state index is 0.195. The first-order valence-corrected chi connectivity index (χ1v) is 10.7. The van der Waals surface area contributed by atoms with Gasteiger partial charge in [-0.1, -0.05) is 29.5 Å². The average molecular weight is 449 g/mol. The number of aryl methyl sites for hydroxylation is 1. The van der Waals surface area contributed by atoms with Gasteiger partial charge in [0.2, 0.25) is 0 Å². The molecule has 1 aromatic heterocycles. The summed E-state index contributed by atoms with van der Waals surface area (Å²) in [6.07, 6.45) is 1.34. The molecule has 1 N–H and O–H groups in total. The van der Waals surface area contributed by atoms with Gasteiger partial charge in [0.25, 0.3) is 11.8 Å². The second-order valence-electron chi connectivity index (χ2n) is 6.96. The Morgan fingerprint density at radius 2 is 1.72 bits per heavy atom. The second-order valence-corrected chi connectivity index (χ2v) is 8.03. The van der Waals surface area contributed by atoms with Gasteiger partial charge in [0.05, 0.1) is 12.3 Å². The van der Waals surface area contributed by atoms with Gasteiger partial charge in [0, 0.05) is 4.90 Å². The third-order valence-electron chi connectivity index (χ3n) is 4.64. The summed E-state index contributed by atoms with van der Waals surface area (Å²) in [5, 5.41) is 2.82. The predicted octanol–water partition coefficient (Wildman–Crippen LogP) is 4.80. The lowest BCUT2D eigenvalue weighted by Gasteiger charge is -2.26. The molecule has 32 heavy (non-hydrogen) atoms. The van der Waals surface area contributed by atoms with Crippen LogP contribution in [-0.2, 0) is 9.59 Å². The van der Waals surface area contributed by atoms with Gasteiger partial charge >= 0.3 is 6.03 Å². The summed E-state index contributed by atoms with van der Waals surface area (Å²) in [7, 11) is 0. The molecule has 0 spiro atoms. The van der Waals surface area contributed by atoms with Crippen LogP contribution in [0.3, 0.4) is 0 Å². The Kier molecular flexibility index (Phi) is 6.13. The summed E-state index contributed by atoms with van der Waals surface area (Å²) in [5.41, 5.74) is 1.29. The lowest BCUT2D eigenvalue weighted by Crippen LogP contribution is -2.54. The number of urea groups is 1. The van der Waals surface area contributed by atoms with E-state index in [0.29, 0.717) is 28.9 Å². The number of amides is 4. The van der Waals surface area contributed by atoms with Crippen LogP contribution in [-0.4, -0.2) is 24.5 Å². The van der Waals surface area contributed by atoms with Crippen molar-refractivity contribution in [2.75, 3.05) is 11.5 Å². The van der Waals surface area contributed by atoms with Gasteiger partial charge in [0.15, 0.2) is 5.09 Å². The van der Waals surface area contributed by atoms with Crippen LogP contribution in [0.5, 0.6) is 5.75 Å². The molecule has 0 radical (unpaired) electrons. The first-order valence-electron chi connectivity index (χ1n) is 9.93. The normalized spacial score (nSPS) is 15.2. The van der Waals surface area contributed by atoms with Crippen molar-refractivity contribution in [3.05, 3.63) is 77.6 Å². The van der Waals surface area contributed by atoms with E-state index < -0.39 is 17.8 Å². The van der Waals surface area contributed by atoms with Crippen molar-refractivity contribution in [1.29, 1.82) is 0 Å². The van der Waals surface area contributed by atoms with Crippen molar-refractivity contribution in [2.45, 2.75) is 23.8 Å². The molecule has 4 amide bonds. The number of furan rings is 1. The molecule has 0 unspecified atom stereocenters. The van der Waals surface area contributed by atoms with Crippen LogP contribution >= 0.6 is 11.8 Å². The Balaban J connectivity index is 1.56. The van der Waals surface area contributed by atoms with E-state index in [0.717, 1.165) is 15.4 Å². The zero-order valence-corrected chi connectivity index (χ0v) is 18.3. The highest BCUT2D eigenvalue weighted by Gasteiger charge is 2.37. The number of rotatable bonds is 6. The van der Waals surface area contributed by atoms with E-state index in [4.69, 9.17) is 9.15 Å². The smallest absolute Gasteiger partial charge is 0.335 e. The fraction of sp³-hybridized carbons (Fsp3) is 0.125. The molecule has 1 fully saturated rings. The van der Waals surface area contributed by atoms with Crippen molar-refractivity contribution in [2.24, 2.45) is 0 Å².